The maximum atomic E-state index is 13.7. The van der Waals surface area contributed by atoms with Gasteiger partial charge in [0.05, 0.1) is 13.7 Å². The Morgan fingerprint density at radius 1 is 1.41 bits per heavy atom. The molecular formula is C17H25FN2O2. The van der Waals surface area contributed by atoms with Gasteiger partial charge in [0.15, 0.2) is 11.6 Å². The number of carbonyl (C=O) groups is 1. The van der Waals surface area contributed by atoms with Crippen LogP contribution in [0.4, 0.5) is 4.39 Å². The first-order valence-electron chi connectivity index (χ1n) is 7.69. The van der Waals surface area contributed by atoms with Gasteiger partial charge in [-0.05, 0) is 50.4 Å². The Morgan fingerprint density at radius 3 is 2.64 bits per heavy atom. The van der Waals surface area contributed by atoms with Crippen molar-refractivity contribution in [1.82, 2.24) is 9.80 Å². The van der Waals surface area contributed by atoms with Crippen molar-refractivity contribution in [3.63, 3.8) is 0 Å². The van der Waals surface area contributed by atoms with Crippen molar-refractivity contribution in [2.75, 3.05) is 27.7 Å². The molecule has 1 aromatic carbocycles. The molecule has 0 heterocycles. The summed E-state index contributed by atoms with van der Waals surface area (Å²) in [5.74, 6) is 0.598. The maximum absolute atomic E-state index is 13.7. The van der Waals surface area contributed by atoms with E-state index in [2.05, 4.69) is 11.8 Å². The first-order valence-corrected chi connectivity index (χ1v) is 7.69. The molecule has 122 valence electrons. The molecule has 2 rings (SSSR count). The summed E-state index contributed by atoms with van der Waals surface area (Å²) in [5, 5.41) is 0. The molecule has 4 nitrogen and oxygen atoms in total. The topological polar surface area (TPSA) is 32.8 Å². The van der Waals surface area contributed by atoms with Crippen LogP contribution in [0.5, 0.6) is 5.75 Å². The van der Waals surface area contributed by atoms with E-state index >= 15 is 0 Å². The zero-order chi connectivity index (χ0) is 16.3. The number of amides is 1. The molecule has 1 aromatic rings. The molecule has 1 atom stereocenters. The predicted molar refractivity (Wildman–Crippen MR) is 84.2 cm³/mol. The van der Waals surface area contributed by atoms with Gasteiger partial charge < -0.3 is 9.64 Å². The second-order valence-electron chi connectivity index (χ2n) is 6.21. The number of rotatable bonds is 7. The molecule has 0 saturated heterocycles. The van der Waals surface area contributed by atoms with Crippen LogP contribution >= 0.6 is 0 Å². The van der Waals surface area contributed by atoms with Gasteiger partial charge in [-0.2, -0.15) is 0 Å². The quantitative estimate of drug-likeness (QED) is 0.776. The Kier molecular flexibility index (Phi) is 5.40. The van der Waals surface area contributed by atoms with Crippen molar-refractivity contribution in [3.8, 4) is 5.75 Å². The second-order valence-corrected chi connectivity index (χ2v) is 6.21. The molecule has 5 heteroatoms. The van der Waals surface area contributed by atoms with Gasteiger partial charge in [0.2, 0.25) is 5.91 Å². The van der Waals surface area contributed by atoms with Crippen LogP contribution in [0.3, 0.4) is 0 Å². The Hall–Kier alpha value is -1.62. The van der Waals surface area contributed by atoms with E-state index in [4.69, 9.17) is 4.74 Å². The molecule has 1 unspecified atom stereocenters. The average molecular weight is 308 g/mol. The lowest BCUT2D eigenvalue weighted by molar-refractivity contribution is -0.131. The first kappa shape index (κ1) is 16.7. The number of nitrogens with zero attached hydrogens (tertiary/aromatic N) is 2. The van der Waals surface area contributed by atoms with Crippen molar-refractivity contribution in [3.05, 3.63) is 29.6 Å². The maximum Gasteiger partial charge on any atom is 0.236 e. The van der Waals surface area contributed by atoms with Gasteiger partial charge in [0.25, 0.3) is 0 Å². The van der Waals surface area contributed by atoms with E-state index in [1.54, 1.807) is 24.1 Å². The standard InChI is InChI=1S/C17H25FN2O2/c1-12(14-6-7-14)19(2)11-17(21)20(3)10-13-5-8-16(22-4)15(18)9-13/h5,8-9,12,14H,6-7,10-11H2,1-4H3. The number of hydrogen-bond donors (Lipinski definition) is 0. The first-order chi connectivity index (χ1) is 10.4. The summed E-state index contributed by atoms with van der Waals surface area (Å²) in [4.78, 5) is 16.0. The molecule has 1 saturated carbocycles. The fourth-order valence-electron chi connectivity index (χ4n) is 2.59. The van der Waals surface area contributed by atoms with Gasteiger partial charge in [-0.25, -0.2) is 4.39 Å². The van der Waals surface area contributed by atoms with Gasteiger partial charge in [0, 0.05) is 19.6 Å². The van der Waals surface area contributed by atoms with Gasteiger partial charge in [0.1, 0.15) is 0 Å². The van der Waals surface area contributed by atoms with Crippen LogP contribution in [-0.2, 0) is 11.3 Å². The summed E-state index contributed by atoms with van der Waals surface area (Å²) < 4.78 is 18.6. The summed E-state index contributed by atoms with van der Waals surface area (Å²) in [5.41, 5.74) is 0.757. The Morgan fingerprint density at radius 2 is 2.09 bits per heavy atom. The van der Waals surface area contributed by atoms with E-state index in [-0.39, 0.29) is 11.7 Å². The lowest BCUT2D eigenvalue weighted by atomic mass is 10.2. The van der Waals surface area contributed by atoms with Crippen molar-refractivity contribution in [2.24, 2.45) is 5.92 Å². The third-order valence-corrected chi connectivity index (χ3v) is 4.45. The normalized spacial score (nSPS) is 15.7. The lowest BCUT2D eigenvalue weighted by Gasteiger charge is -2.26. The van der Waals surface area contributed by atoms with Crippen molar-refractivity contribution >= 4 is 5.91 Å². The van der Waals surface area contributed by atoms with Crippen LogP contribution in [0.2, 0.25) is 0 Å². The van der Waals surface area contributed by atoms with Crippen LogP contribution in [0.15, 0.2) is 18.2 Å². The second kappa shape index (κ2) is 7.09. The van der Waals surface area contributed by atoms with Gasteiger partial charge in [-0.3, -0.25) is 9.69 Å². The van der Waals surface area contributed by atoms with E-state index in [1.807, 2.05) is 7.05 Å². The Bertz CT molecular complexity index is 531. The number of benzene rings is 1. The predicted octanol–water partition coefficient (Wildman–Crippen LogP) is 2.52. The van der Waals surface area contributed by atoms with Crippen LogP contribution in [-0.4, -0.2) is 49.5 Å². The van der Waals surface area contributed by atoms with Crippen LogP contribution in [0, 0.1) is 11.7 Å². The molecule has 0 radical (unpaired) electrons. The van der Waals surface area contributed by atoms with E-state index in [0.717, 1.165) is 11.5 Å². The van der Waals surface area contributed by atoms with Gasteiger partial charge >= 0.3 is 0 Å². The molecule has 1 aliphatic rings. The van der Waals surface area contributed by atoms with E-state index in [1.165, 1.54) is 26.0 Å². The highest BCUT2D eigenvalue weighted by atomic mass is 19.1. The van der Waals surface area contributed by atoms with Gasteiger partial charge in [-0.15, -0.1) is 0 Å². The number of hydrogen-bond acceptors (Lipinski definition) is 3. The summed E-state index contributed by atoms with van der Waals surface area (Å²) >= 11 is 0. The van der Waals surface area contributed by atoms with E-state index < -0.39 is 5.82 Å². The fourth-order valence-corrected chi connectivity index (χ4v) is 2.59. The molecule has 0 N–H and O–H groups in total. The van der Waals surface area contributed by atoms with E-state index in [0.29, 0.717) is 19.1 Å². The lowest BCUT2D eigenvalue weighted by Crippen LogP contribution is -2.40. The molecule has 0 spiro atoms. The summed E-state index contributed by atoms with van der Waals surface area (Å²) in [6, 6.07) is 5.22. The smallest absolute Gasteiger partial charge is 0.236 e. The van der Waals surface area contributed by atoms with Gasteiger partial charge in [-0.1, -0.05) is 6.07 Å². The monoisotopic (exact) mass is 308 g/mol. The molecule has 0 aromatic heterocycles. The molecule has 1 fully saturated rings. The fraction of sp³-hybridized carbons (Fsp3) is 0.588. The zero-order valence-corrected chi connectivity index (χ0v) is 13.8. The number of halogens is 1. The minimum atomic E-state index is -0.402. The number of carbonyl (C=O) groups excluding carboxylic acids is 1. The zero-order valence-electron chi connectivity index (χ0n) is 13.8. The van der Waals surface area contributed by atoms with Crippen LogP contribution < -0.4 is 4.74 Å². The third kappa shape index (κ3) is 4.19. The van der Waals surface area contributed by atoms with Crippen molar-refractivity contribution < 1.29 is 13.9 Å². The van der Waals surface area contributed by atoms with Crippen LogP contribution in [0.1, 0.15) is 25.3 Å². The minimum Gasteiger partial charge on any atom is -0.494 e. The summed E-state index contributed by atoms with van der Waals surface area (Å²) in [7, 11) is 5.17. The van der Waals surface area contributed by atoms with Crippen molar-refractivity contribution in [2.45, 2.75) is 32.4 Å². The van der Waals surface area contributed by atoms with Crippen molar-refractivity contribution in [1.29, 1.82) is 0 Å². The Balaban J connectivity index is 1.89. The molecule has 22 heavy (non-hydrogen) atoms. The van der Waals surface area contributed by atoms with E-state index in [9.17, 15) is 9.18 Å². The molecule has 0 bridgehead atoms. The number of methoxy groups -OCH3 is 1. The molecule has 0 aliphatic heterocycles. The highest BCUT2D eigenvalue weighted by Crippen LogP contribution is 2.34. The number of ether oxygens (including phenoxy) is 1. The highest BCUT2D eigenvalue weighted by Gasteiger charge is 2.31. The van der Waals surface area contributed by atoms with Crippen LogP contribution in [0.25, 0.3) is 0 Å². The largest absolute Gasteiger partial charge is 0.494 e. The Labute approximate surface area is 131 Å². The molecule has 1 amide bonds. The molecule has 1 aliphatic carbocycles. The number of likely N-dealkylation sites (N-methyl/N-ethyl adjacent to an activating group) is 2. The molecular weight excluding hydrogens is 283 g/mol. The third-order valence-electron chi connectivity index (χ3n) is 4.45. The highest BCUT2D eigenvalue weighted by molar-refractivity contribution is 5.78. The SMILES string of the molecule is COc1ccc(CN(C)C(=O)CN(C)C(C)C2CC2)cc1F. The average Bonchev–Trinajstić information content (AvgIpc) is 3.31. The minimum absolute atomic E-state index is 0.0474. The summed E-state index contributed by atoms with van der Waals surface area (Å²) in [6.07, 6.45) is 2.53. The summed E-state index contributed by atoms with van der Waals surface area (Å²) in [6.45, 7) is 2.96.